The number of likely N-dealkylation sites (tertiary alicyclic amines) is 1. The molecule has 25 nitrogen and oxygen atoms in total. The summed E-state index contributed by atoms with van der Waals surface area (Å²) in [5.41, 5.74) is 29.5. The molecular formula is C49H70N14O11S2. The standard InChI is InChI=1S/C49H70N14O11S2/c1-2-28-13-15-30(16-14-28)24-33-44(70)60-34(23-29-9-4-3-5-10-29)45(71)58-32(17-18-38(50)64)43(69)61-35(25-39(51)65)46(72)62-36(27-76-75-22-19-41(67)57-33)48(74)63-21-8-12-37(63)47(73)59-31(42(68)56-26-40(52)66)11-6-7-20-55-49(53)54/h3-5,9-10,13-16,31-37H,2,6-8,11-12,17-27H2,1H3,(H2,50,64)(H2,51,65)(H2,52,66)(H,56,68)(H,57,67)(H,58,71)(H,59,73)(H,60,70)(H,61,69)(H,62,72)(H4,53,54,55)/t31-,32+,33?,34?,35+,36?,37+/m1/s1. The van der Waals surface area contributed by atoms with Gasteiger partial charge in [0.15, 0.2) is 5.96 Å². The van der Waals surface area contributed by atoms with Crippen LogP contribution in [0.2, 0.25) is 0 Å². The predicted octanol–water partition coefficient (Wildman–Crippen LogP) is -3.09. The summed E-state index contributed by atoms with van der Waals surface area (Å²) in [5, 5.41) is 18.2. The zero-order chi connectivity index (χ0) is 55.7. The molecule has 7 atom stereocenters. The number of hydrogen-bond donors (Lipinski definition) is 12. The van der Waals surface area contributed by atoms with Crippen LogP contribution in [0.4, 0.5) is 0 Å². The Morgan fingerprint density at radius 2 is 1.32 bits per heavy atom. The second-order valence-electron chi connectivity index (χ2n) is 18.2. The molecule has 2 aromatic rings. The van der Waals surface area contributed by atoms with Gasteiger partial charge in [-0.05, 0) is 61.6 Å². The van der Waals surface area contributed by atoms with Crippen LogP contribution in [-0.2, 0) is 72.0 Å². The third kappa shape index (κ3) is 21.1. The molecular weight excluding hydrogens is 1020 g/mol. The molecule has 0 aromatic heterocycles. The summed E-state index contributed by atoms with van der Waals surface area (Å²) in [4.78, 5) is 154. The van der Waals surface area contributed by atoms with Crippen molar-refractivity contribution < 1.29 is 52.7 Å². The number of primary amides is 3. The first-order valence-electron chi connectivity index (χ1n) is 24.9. The number of nitrogens with two attached hydrogens (primary N) is 5. The van der Waals surface area contributed by atoms with Crippen molar-refractivity contribution in [1.82, 2.24) is 42.1 Å². The van der Waals surface area contributed by atoms with Gasteiger partial charge in [0.05, 0.1) is 13.0 Å². The van der Waals surface area contributed by atoms with Gasteiger partial charge < -0.3 is 70.8 Å². The molecule has 2 fully saturated rings. The molecule has 2 aliphatic rings. The van der Waals surface area contributed by atoms with E-state index >= 15 is 0 Å². The summed E-state index contributed by atoms with van der Waals surface area (Å²) in [6, 6.07) is 6.48. The molecule has 414 valence electrons. The molecule has 76 heavy (non-hydrogen) atoms. The normalized spacial score (nSPS) is 21.5. The maximum atomic E-state index is 14.6. The van der Waals surface area contributed by atoms with Gasteiger partial charge >= 0.3 is 0 Å². The van der Waals surface area contributed by atoms with Crippen molar-refractivity contribution in [3.05, 3.63) is 71.3 Å². The number of rotatable bonds is 21. The van der Waals surface area contributed by atoms with Crippen molar-refractivity contribution in [3.8, 4) is 0 Å². The highest BCUT2D eigenvalue weighted by Crippen LogP contribution is 2.26. The van der Waals surface area contributed by atoms with E-state index in [1.165, 1.54) is 4.90 Å². The van der Waals surface area contributed by atoms with Crippen LogP contribution in [0.25, 0.3) is 0 Å². The Hall–Kier alpha value is -7.42. The minimum atomic E-state index is -1.75. The zero-order valence-corrected chi connectivity index (χ0v) is 44.0. The lowest BCUT2D eigenvalue weighted by Gasteiger charge is -2.31. The Balaban J connectivity index is 1.68. The number of aryl methyl sites for hydroxylation is 1. The number of carbonyl (C=O) groups is 11. The SMILES string of the molecule is CCc1ccc(CC2NC(=O)CCSSCC(C(=O)N3CCC[C@H]3C(=O)N[C@H](CCCCN=C(N)N)C(=O)NCC(N)=O)NC(=O)[C@H](CC(N)=O)NC(=O)[C@H](CCC(N)=O)NC(=O)C(Cc3ccccc3)NC2=O)cc1. The summed E-state index contributed by atoms with van der Waals surface area (Å²) < 4.78 is 0. The fraction of sp³-hybridized carbons (Fsp3) is 0.510. The maximum Gasteiger partial charge on any atom is 0.246 e. The number of carbonyl (C=O) groups excluding carboxylic acids is 11. The van der Waals surface area contributed by atoms with Gasteiger partial charge in [-0.25, -0.2) is 0 Å². The average Bonchev–Trinajstić information content (AvgIpc) is 3.88. The van der Waals surface area contributed by atoms with E-state index in [2.05, 4.69) is 42.2 Å². The summed E-state index contributed by atoms with van der Waals surface area (Å²) in [6.45, 7) is 1.78. The van der Waals surface area contributed by atoms with E-state index in [4.69, 9.17) is 28.7 Å². The quantitative estimate of drug-likeness (QED) is 0.0255. The number of hydrogen-bond acceptors (Lipinski definition) is 14. The van der Waals surface area contributed by atoms with E-state index in [1.54, 1.807) is 30.3 Å². The van der Waals surface area contributed by atoms with E-state index < -0.39 is 133 Å². The van der Waals surface area contributed by atoms with Gasteiger partial charge in [-0.15, -0.1) is 0 Å². The maximum absolute atomic E-state index is 14.6. The Morgan fingerprint density at radius 3 is 1.95 bits per heavy atom. The molecule has 17 N–H and O–H groups in total. The highest BCUT2D eigenvalue weighted by molar-refractivity contribution is 8.76. The number of guanidine groups is 1. The summed E-state index contributed by atoms with van der Waals surface area (Å²) in [7, 11) is 2.25. The van der Waals surface area contributed by atoms with Crippen molar-refractivity contribution >= 4 is 92.5 Å². The molecule has 2 heterocycles. The van der Waals surface area contributed by atoms with Crippen LogP contribution in [0.5, 0.6) is 0 Å². The summed E-state index contributed by atoms with van der Waals surface area (Å²) >= 11 is 0. The first kappa shape index (κ1) is 61.1. The van der Waals surface area contributed by atoms with Crippen LogP contribution >= 0.6 is 21.6 Å². The lowest BCUT2D eigenvalue weighted by atomic mass is 10.0. The molecule has 0 saturated carbocycles. The number of aliphatic imine (C=N–C) groups is 1. The number of nitrogens with zero attached hydrogens (tertiary/aromatic N) is 2. The lowest BCUT2D eigenvalue weighted by Crippen LogP contribution is -2.61. The Morgan fingerprint density at radius 1 is 0.711 bits per heavy atom. The van der Waals surface area contributed by atoms with E-state index in [0.29, 0.717) is 30.4 Å². The minimum absolute atomic E-state index is 0.0386. The lowest BCUT2D eigenvalue weighted by molar-refractivity contribution is -0.142. The minimum Gasteiger partial charge on any atom is -0.370 e. The van der Waals surface area contributed by atoms with Crippen LogP contribution in [-0.4, -0.2) is 149 Å². The van der Waals surface area contributed by atoms with Crippen LogP contribution in [0.1, 0.15) is 81.4 Å². The van der Waals surface area contributed by atoms with Gasteiger partial charge in [-0.1, -0.05) is 83.1 Å². The van der Waals surface area contributed by atoms with E-state index in [1.807, 2.05) is 31.2 Å². The van der Waals surface area contributed by atoms with Crippen molar-refractivity contribution in [3.63, 3.8) is 0 Å². The largest absolute Gasteiger partial charge is 0.370 e. The molecule has 2 aliphatic heterocycles. The second kappa shape index (κ2) is 31.5. The van der Waals surface area contributed by atoms with Gasteiger partial charge in [0.2, 0.25) is 65.0 Å². The molecule has 0 radical (unpaired) electrons. The van der Waals surface area contributed by atoms with Crippen LogP contribution in [0, 0.1) is 0 Å². The van der Waals surface area contributed by atoms with Crippen molar-refractivity contribution in [2.24, 2.45) is 33.7 Å². The van der Waals surface area contributed by atoms with Crippen LogP contribution in [0.15, 0.2) is 59.6 Å². The molecule has 0 aliphatic carbocycles. The van der Waals surface area contributed by atoms with E-state index in [9.17, 15) is 52.7 Å². The fourth-order valence-corrected chi connectivity index (χ4v) is 10.4. The Kier molecular flexibility index (Phi) is 25.3. The second-order valence-corrected chi connectivity index (χ2v) is 20.8. The molecule has 0 spiro atoms. The summed E-state index contributed by atoms with van der Waals surface area (Å²) in [5.74, 6) is -9.23. The highest BCUT2D eigenvalue weighted by Gasteiger charge is 2.40. The fourth-order valence-electron chi connectivity index (χ4n) is 8.23. The van der Waals surface area contributed by atoms with Gasteiger partial charge in [-0.2, -0.15) is 0 Å². The molecule has 3 unspecified atom stereocenters. The summed E-state index contributed by atoms with van der Waals surface area (Å²) in [6.07, 6.45) is 0.384. The van der Waals surface area contributed by atoms with Crippen molar-refractivity contribution in [1.29, 1.82) is 0 Å². The predicted molar refractivity (Wildman–Crippen MR) is 284 cm³/mol. The van der Waals surface area contributed by atoms with E-state index in [-0.39, 0.29) is 62.7 Å². The Bertz CT molecular complexity index is 2410. The smallest absolute Gasteiger partial charge is 0.246 e. The number of amides is 11. The highest BCUT2D eigenvalue weighted by atomic mass is 33.1. The number of benzene rings is 2. The monoisotopic (exact) mass is 1090 g/mol. The Labute approximate surface area is 448 Å². The molecule has 0 bridgehead atoms. The van der Waals surface area contributed by atoms with Crippen LogP contribution in [0.3, 0.4) is 0 Å². The molecule has 27 heteroatoms. The topological polar surface area (TPSA) is 418 Å². The molecule has 2 saturated heterocycles. The molecule has 11 amide bonds. The first-order chi connectivity index (χ1) is 36.2. The van der Waals surface area contributed by atoms with Crippen molar-refractivity contribution in [2.45, 2.75) is 126 Å². The van der Waals surface area contributed by atoms with Crippen molar-refractivity contribution in [2.75, 3.05) is 31.1 Å². The number of unbranched alkanes of at least 4 members (excludes halogenated alkanes) is 1. The van der Waals surface area contributed by atoms with Gasteiger partial charge in [-0.3, -0.25) is 57.7 Å². The van der Waals surface area contributed by atoms with Gasteiger partial charge in [0.1, 0.15) is 42.3 Å². The number of nitrogens with one attached hydrogen (secondary N) is 7. The molecule has 4 rings (SSSR count). The van der Waals surface area contributed by atoms with Crippen LogP contribution < -0.4 is 65.9 Å². The van der Waals surface area contributed by atoms with Gasteiger partial charge in [0.25, 0.3) is 0 Å². The first-order valence-corrected chi connectivity index (χ1v) is 27.4. The molecule has 2 aromatic carbocycles. The zero-order valence-electron chi connectivity index (χ0n) is 42.3. The average molecular weight is 1100 g/mol. The van der Waals surface area contributed by atoms with E-state index in [0.717, 1.165) is 33.6 Å². The third-order valence-electron chi connectivity index (χ3n) is 12.2. The third-order valence-corrected chi connectivity index (χ3v) is 14.7. The van der Waals surface area contributed by atoms with Gasteiger partial charge in [0, 0.05) is 50.3 Å².